The smallest absolute Gasteiger partial charge is 0.264 e. The van der Waals surface area contributed by atoms with Crippen molar-refractivity contribution in [3.05, 3.63) is 59.7 Å². The molecule has 2 aromatic rings. The van der Waals surface area contributed by atoms with Crippen LogP contribution < -0.4 is 9.47 Å². The van der Waals surface area contributed by atoms with Crippen molar-refractivity contribution in [3.8, 4) is 11.5 Å². The fourth-order valence-electron chi connectivity index (χ4n) is 2.74. The second kappa shape index (κ2) is 8.53. The maximum absolute atomic E-state index is 10.8. The van der Waals surface area contributed by atoms with Gasteiger partial charge in [0, 0.05) is 0 Å². The van der Waals surface area contributed by atoms with E-state index in [4.69, 9.17) is 18.8 Å². The number of aryl methyl sites for hydroxylation is 1. The number of ether oxygens (including phenoxy) is 3. The molecule has 1 atom stereocenters. The van der Waals surface area contributed by atoms with E-state index in [1.807, 2.05) is 48.5 Å². The molecule has 0 radical (unpaired) electrons. The molecule has 1 heterocycles. The molecule has 1 N–H and O–H groups in total. The molecule has 0 bridgehead atoms. The molecule has 3 rings (SSSR count). The first-order chi connectivity index (χ1) is 12.5. The molecule has 0 fully saturated rings. The quantitative estimate of drug-likeness (QED) is 0.712. The third-order valence-electron chi connectivity index (χ3n) is 4.01. The number of fused-ring (bicyclic) bond motifs is 1. The summed E-state index contributed by atoms with van der Waals surface area (Å²) in [6.07, 6.45) is 0.727. The van der Waals surface area contributed by atoms with Crippen molar-refractivity contribution in [1.82, 2.24) is 0 Å². The Labute approximate surface area is 153 Å². The van der Waals surface area contributed by atoms with E-state index in [0.29, 0.717) is 44.2 Å². The summed E-state index contributed by atoms with van der Waals surface area (Å²) >= 11 is 0. The summed E-state index contributed by atoms with van der Waals surface area (Å²) in [6.45, 7) is 1.36. The van der Waals surface area contributed by atoms with E-state index >= 15 is 0 Å². The highest BCUT2D eigenvalue weighted by atomic mass is 32.2. The van der Waals surface area contributed by atoms with Gasteiger partial charge in [-0.3, -0.25) is 4.55 Å². The van der Waals surface area contributed by atoms with Gasteiger partial charge in [0.25, 0.3) is 10.1 Å². The summed E-state index contributed by atoms with van der Waals surface area (Å²) in [4.78, 5) is 0. The maximum Gasteiger partial charge on any atom is 0.264 e. The molecule has 0 unspecified atom stereocenters. The lowest BCUT2D eigenvalue weighted by molar-refractivity contribution is 0.00268. The third-order valence-corrected chi connectivity index (χ3v) is 4.81. The van der Waals surface area contributed by atoms with Crippen molar-refractivity contribution in [2.45, 2.75) is 25.6 Å². The highest BCUT2D eigenvalue weighted by Gasteiger charge is 2.21. The first-order valence-electron chi connectivity index (χ1n) is 8.49. The zero-order valence-electron chi connectivity index (χ0n) is 14.3. The van der Waals surface area contributed by atoms with Crippen LogP contribution in [0, 0.1) is 0 Å². The van der Waals surface area contributed by atoms with Crippen LogP contribution in [0.2, 0.25) is 0 Å². The van der Waals surface area contributed by atoms with E-state index in [0.717, 1.165) is 11.1 Å². The molecule has 0 saturated carbocycles. The number of benzene rings is 2. The molecule has 2 aromatic carbocycles. The molecule has 1 aliphatic rings. The Bertz CT molecular complexity index is 819. The minimum atomic E-state index is -3.92. The van der Waals surface area contributed by atoms with Gasteiger partial charge in [-0.2, -0.15) is 8.42 Å². The van der Waals surface area contributed by atoms with Crippen LogP contribution in [0.4, 0.5) is 0 Å². The highest BCUT2D eigenvalue weighted by Crippen LogP contribution is 2.33. The van der Waals surface area contributed by atoms with Crippen molar-refractivity contribution in [2.75, 3.05) is 19.0 Å². The van der Waals surface area contributed by atoms with Crippen molar-refractivity contribution in [1.29, 1.82) is 0 Å². The lowest BCUT2D eigenvalue weighted by atomic mass is 10.1. The molecule has 0 aliphatic carbocycles. The van der Waals surface area contributed by atoms with Crippen LogP contribution in [0.25, 0.3) is 0 Å². The minimum absolute atomic E-state index is 0.170. The van der Waals surface area contributed by atoms with Crippen molar-refractivity contribution in [2.24, 2.45) is 0 Å². The van der Waals surface area contributed by atoms with E-state index in [-0.39, 0.29) is 11.9 Å². The second-order valence-electron chi connectivity index (χ2n) is 6.22. The Balaban J connectivity index is 1.48. The molecular weight excluding hydrogens is 356 g/mol. The van der Waals surface area contributed by atoms with E-state index in [9.17, 15) is 8.42 Å². The molecular formula is C19H22O6S. The summed E-state index contributed by atoms with van der Waals surface area (Å²) < 4.78 is 47.7. The van der Waals surface area contributed by atoms with E-state index in [2.05, 4.69) is 0 Å². The summed E-state index contributed by atoms with van der Waals surface area (Å²) in [5.41, 5.74) is 2.05. The lowest BCUT2D eigenvalue weighted by Crippen LogP contribution is -2.33. The van der Waals surface area contributed by atoms with Crippen LogP contribution >= 0.6 is 0 Å². The Morgan fingerprint density at radius 3 is 2.65 bits per heavy atom. The predicted molar refractivity (Wildman–Crippen MR) is 97.2 cm³/mol. The van der Waals surface area contributed by atoms with Crippen LogP contribution in [-0.4, -0.2) is 38.0 Å². The third kappa shape index (κ3) is 5.72. The SMILES string of the molecule is O=S(=O)(O)CCCc1ccc2c(c1)OC[C@@H](COCc1ccccc1)O2. The summed E-state index contributed by atoms with van der Waals surface area (Å²) in [5.74, 6) is 1.05. The van der Waals surface area contributed by atoms with Crippen LogP contribution in [0.1, 0.15) is 17.5 Å². The van der Waals surface area contributed by atoms with E-state index < -0.39 is 10.1 Å². The zero-order chi connectivity index (χ0) is 18.4. The van der Waals surface area contributed by atoms with Gasteiger partial charge in [0.1, 0.15) is 6.61 Å². The molecule has 7 heteroatoms. The normalized spacial score (nSPS) is 16.4. The molecule has 26 heavy (non-hydrogen) atoms. The summed E-state index contributed by atoms with van der Waals surface area (Å²) in [7, 11) is -3.92. The summed E-state index contributed by atoms with van der Waals surface area (Å²) in [5, 5.41) is 0. The van der Waals surface area contributed by atoms with Crippen molar-refractivity contribution < 1.29 is 27.2 Å². The van der Waals surface area contributed by atoms with Crippen LogP contribution in [0.3, 0.4) is 0 Å². The Morgan fingerprint density at radius 2 is 1.88 bits per heavy atom. The average Bonchev–Trinajstić information content (AvgIpc) is 2.61. The second-order valence-corrected chi connectivity index (χ2v) is 7.79. The monoisotopic (exact) mass is 378 g/mol. The number of hydrogen-bond acceptors (Lipinski definition) is 5. The van der Waals surface area contributed by atoms with Crippen molar-refractivity contribution in [3.63, 3.8) is 0 Å². The van der Waals surface area contributed by atoms with Gasteiger partial charge in [-0.1, -0.05) is 36.4 Å². The van der Waals surface area contributed by atoms with Gasteiger partial charge in [-0.15, -0.1) is 0 Å². The van der Waals surface area contributed by atoms with Gasteiger partial charge in [-0.05, 0) is 36.1 Å². The number of hydrogen-bond donors (Lipinski definition) is 1. The molecule has 0 aromatic heterocycles. The Kier molecular flexibility index (Phi) is 6.13. The molecule has 1 aliphatic heterocycles. The van der Waals surface area contributed by atoms with E-state index in [1.54, 1.807) is 0 Å². The zero-order valence-corrected chi connectivity index (χ0v) is 15.2. The first kappa shape index (κ1) is 18.7. The first-order valence-corrected chi connectivity index (χ1v) is 10.1. The van der Waals surface area contributed by atoms with Crippen molar-refractivity contribution >= 4 is 10.1 Å². The topological polar surface area (TPSA) is 82.1 Å². The standard InChI is InChI=1S/C19H22O6S/c20-26(21,22)10-4-7-15-8-9-18-19(11-15)24-14-17(25-18)13-23-12-16-5-2-1-3-6-16/h1-3,5-6,8-9,11,17H,4,7,10,12-14H2,(H,20,21,22)/t17-/m1/s1. The lowest BCUT2D eigenvalue weighted by Gasteiger charge is -2.26. The molecule has 140 valence electrons. The Morgan fingerprint density at radius 1 is 1.08 bits per heavy atom. The summed E-state index contributed by atoms with van der Waals surface area (Å²) in [6, 6.07) is 15.5. The van der Waals surface area contributed by atoms with Gasteiger partial charge in [0.2, 0.25) is 0 Å². The van der Waals surface area contributed by atoms with Gasteiger partial charge in [0.15, 0.2) is 17.6 Å². The van der Waals surface area contributed by atoms with Gasteiger partial charge in [0.05, 0.1) is 19.0 Å². The molecule has 0 saturated heterocycles. The predicted octanol–water partition coefficient (Wildman–Crippen LogP) is 2.86. The van der Waals surface area contributed by atoms with Crippen LogP contribution in [-0.2, 0) is 27.9 Å². The molecule has 0 amide bonds. The maximum atomic E-state index is 10.8. The Hall–Kier alpha value is -2.09. The van der Waals surface area contributed by atoms with Gasteiger partial charge >= 0.3 is 0 Å². The minimum Gasteiger partial charge on any atom is -0.486 e. The highest BCUT2D eigenvalue weighted by molar-refractivity contribution is 7.85. The average molecular weight is 378 g/mol. The van der Waals surface area contributed by atoms with E-state index in [1.165, 1.54) is 0 Å². The largest absolute Gasteiger partial charge is 0.486 e. The van der Waals surface area contributed by atoms with Crippen LogP contribution in [0.15, 0.2) is 48.5 Å². The fraction of sp³-hybridized carbons (Fsp3) is 0.368. The van der Waals surface area contributed by atoms with Crippen LogP contribution in [0.5, 0.6) is 11.5 Å². The van der Waals surface area contributed by atoms with Gasteiger partial charge < -0.3 is 14.2 Å². The van der Waals surface area contributed by atoms with Gasteiger partial charge in [-0.25, -0.2) is 0 Å². The fourth-order valence-corrected chi connectivity index (χ4v) is 3.25. The molecule has 6 nitrogen and oxygen atoms in total. The number of rotatable bonds is 8. The molecule has 0 spiro atoms.